The Balaban J connectivity index is 1.53. The van der Waals surface area contributed by atoms with Crippen molar-refractivity contribution in [2.24, 2.45) is 0 Å². The van der Waals surface area contributed by atoms with Crippen molar-refractivity contribution in [3.8, 4) is 5.75 Å². The topological polar surface area (TPSA) is 70.1 Å². The molecule has 0 saturated carbocycles. The highest BCUT2D eigenvalue weighted by Gasteiger charge is 2.27. The van der Waals surface area contributed by atoms with Gasteiger partial charge in [-0.25, -0.2) is 12.8 Å². The van der Waals surface area contributed by atoms with Crippen molar-refractivity contribution in [3.63, 3.8) is 0 Å². The van der Waals surface area contributed by atoms with Crippen LogP contribution >= 0.6 is 0 Å². The maximum atomic E-state index is 13.6. The third kappa shape index (κ3) is 5.76. The van der Waals surface area contributed by atoms with E-state index in [2.05, 4.69) is 0 Å². The predicted molar refractivity (Wildman–Crippen MR) is 109 cm³/mol. The molecule has 1 N–H and O–H groups in total. The smallest absolute Gasteiger partial charge is 0.243 e. The molecule has 0 spiro atoms. The minimum absolute atomic E-state index is 0.0250. The average molecular weight is 423 g/mol. The molecule has 2 aromatic rings. The van der Waals surface area contributed by atoms with E-state index in [9.17, 15) is 17.9 Å². The first-order chi connectivity index (χ1) is 13.9. The number of ether oxygens (including phenoxy) is 1. The van der Waals surface area contributed by atoms with Gasteiger partial charge in [0.1, 0.15) is 12.7 Å². The summed E-state index contributed by atoms with van der Waals surface area (Å²) in [4.78, 5) is 2.31. The van der Waals surface area contributed by atoms with Gasteiger partial charge in [0.15, 0.2) is 11.6 Å². The van der Waals surface area contributed by atoms with Gasteiger partial charge >= 0.3 is 0 Å². The Kier molecular flexibility index (Phi) is 7.23. The van der Waals surface area contributed by atoms with Crippen molar-refractivity contribution in [1.29, 1.82) is 0 Å². The van der Waals surface area contributed by atoms with E-state index in [-0.39, 0.29) is 12.4 Å². The fourth-order valence-electron chi connectivity index (χ4n) is 3.33. The number of nitrogens with zero attached hydrogens (tertiary/aromatic N) is 2. The molecule has 2 aromatic carbocycles. The van der Waals surface area contributed by atoms with Gasteiger partial charge in [-0.2, -0.15) is 4.31 Å². The van der Waals surface area contributed by atoms with Gasteiger partial charge in [-0.15, -0.1) is 0 Å². The van der Waals surface area contributed by atoms with Crippen LogP contribution in [0.2, 0.25) is 0 Å². The molecule has 0 bridgehead atoms. The molecule has 1 atom stereocenters. The first-order valence-corrected chi connectivity index (χ1v) is 11.1. The number of aliphatic hydroxyl groups excluding tert-OH is 1. The summed E-state index contributed by atoms with van der Waals surface area (Å²) in [6, 6.07) is 12.9. The molecule has 0 aromatic heterocycles. The lowest BCUT2D eigenvalue weighted by Gasteiger charge is -2.24. The zero-order valence-corrected chi connectivity index (χ0v) is 17.3. The number of hydrogen-bond acceptors (Lipinski definition) is 5. The largest absolute Gasteiger partial charge is 0.488 e. The van der Waals surface area contributed by atoms with Gasteiger partial charge in [-0.05, 0) is 44.2 Å². The van der Waals surface area contributed by atoms with Gasteiger partial charge in [0.2, 0.25) is 10.0 Å². The summed E-state index contributed by atoms with van der Waals surface area (Å²) in [6.07, 6.45) is -0.124. The number of sulfonamides is 1. The third-order valence-electron chi connectivity index (χ3n) is 4.94. The van der Waals surface area contributed by atoms with Crippen LogP contribution < -0.4 is 4.74 Å². The molecular formula is C21H27FN2O4S. The molecule has 6 nitrogen and oxygen atoms in total. The molecule has 8 heteroatoms. The van der Waals surface area contributed by atoms with E-state index in [1.807, 2.05) is 11.8 Å². The van der Waals surface area contributed by atoms with Crippen LogP contribution in [0.4, 0.5) is 4.39 Å². The predicted octanol–water partition coefficient (Wildman–Crippen LogP) is 2.27. The third-order valence-corrected chi connectivity index (χ3v) is 6.86. The molecule has 29 heavy (non-hydrogen) atoms. The minimum atomic E-state index is -3.53. The van der Waals surface area contributed by atoms with Gasteiger partial charge < -0.3 is 9.84 Å². The standard InChI is InChI=1S/C21H27FN2O4S/c1-17-7-9-19(10-8-17)29(26,27)24-12-4-11-23(13-14-24)15-18(25)16-28-21-6-3-2-5-20(21)22/h2-3,5-10,18,25H,4,11-16H2,1H3/t18-/m1/s1. The number of halogens is 1. The zero-order valence-electron chi connectivity index (χ0n) is 16.5. The van der Waals surface area contributed by atoms with Crippen LogP contribution in [0, 0.1) is 12.7 Å². The lowest BCUT2D eigenvalue weighted by atomic mass is 10.2. The lowest BCUT2D eigenvalue weighted by Crippen LogP contribution is -2.39. The van der Waals surface area contributed by atoms with E-state index in [4.69, 9.17) is 4.74 Å². The highest BCUT2D eigenvalue weighted by atomic mass is 32.2. The molecule has 1 saturated heterocycles. The van der Waals surface area contributed by atoms with E-state index in [0.717, 1.165) is 5.56 Å². The molecule has 1 heterocycles. The molecule has 0 radical (unpaired) electrons. The monoisotopic (exact) mass is 422 g/mol. The molecule has 3 rings (SSSR count). The number of para-hydroxylation sites is 1. The molecule has 0 amide bonds. The van der Waals surface area contributed by atoms with E-state index < -0.39 is 21.9 Å². The highest BCUT2D eigenvalue weighted by Crippen LogP contribution is 2.19. The lowest BCUT2D eigenvalue weighted by molar-refractivity contribution is 0.0685. The quantitative estimate of drug-likeness (QED) is 0.741. The maximum Gasteiger partial charge on any atom is 0.243 e. The van der Waals surface area contributed by atoms with Crippen LogP contribution in [-0.4, -0.2) is 68.2 Å². The second-order valence-electron chi connectivity index (χ2n) is 7.27. The molecule has 1 aliphatic heterocycles. The molecular weight excluding hydrogens is 395 g/mol. The summed E-state index contributed by atoms with van der Waals surface area (Å²) < 4.78 is 46.2. The number of benzene rings is 2. The van der Waals surface area contributed by atoms with Crippen molar-refractivity contribution in [1.82, 2.24) is 9.21 Å². The molecule has 0 unspecified atom stereocenters. The van der Waals surface area contributed by atoms with Crippen molar-refractivity contribution in [2.75, 3.05) is 39.3 Å². The SMILES string of the molecule is Cc1ccc(S(=O)(=O)N2CCCN(C[C@@H](O)COc3ccccc3F)CC2)cc1. The Morgan fingerprint density at radius 1 is 1.07 bits per heavy atom. The number of aliphatic hydroxyl groups is 1. The van der Waals surface area contributed by atoms with Crippen LogP contribution in [0.1, 0.15) is 12.0 Å². The summed E-state index contributed by atoms with van der Waals surface area (Å²) >= 11 is 0. The normalized spacial score (nSPS) is 17.6. The number of aryl methyl sites for hydroxylation is 1. The van der Waals surface area contributed by atoms with E-state index in [1.54, 1.807) is 36.4 Å². The van der Waals surface area contributed by atoms with Crippen molar-refractivity contribution < 1.29 is 22.7 Å². The van der Waals surface area contributed by atoms with Crippen molar-refractivity contribution >= 4 is 10.0 Å². The van der Waals surface area contributed by atoms with Crippen LogP contribution in [0.5, 0.6) is 5.75 Å². The summed E-state index contributed by atoms with van der Waals surface area (Å²) in [5.74, 6) is -0.357. The number of rotatable bonds is 7. The highest BCUT2D eigenvalue weighted by molar-refractivity contribution is 7.89. The first kappa shape index (κ1) is 21.7. The van der Waals surface area contributed by atoms with Gasteiger partial charge in [0.25, 0.3) is 0 Å². The summed E-state index contributed by atoms with van der Waals surface area (Å²) in [5, 5.41) is 10.3. The second kappa shape index (κ2) is 9.67. The minimum Gasteiger partial charge on any atom is -0.488 e. The van der Waals surface area contributed by atoms with Crippen LogP contribution in [0.15, 0.2) is 53.4 Å². The van der Waals surface area contributed by atoms with Crippen LogP contribution in [0.3, 0.4) is 0 Å². The Hall–Kier alpha value is -2.00. The number of β-amino-alcohol motifs (C(OH)–C–C–N with tert-alkyl or cyclic N) is 1. The first-order valence-electron chi connectivity index (χ1n) is 9.71. The van der Waals surface area contributed by atoms with Crippen LogP contribution in [-0.2, 0) is 10.0 Å². The Morgan fingerprint density at radius 2 is 1.79 bits per heavy atom. The van der Waals surface area contributed by atoms with Gasteiger partial charge in [0.05, 0.1) is 4.90 Å². The molecule has 1 aliphatic rings. The molecule has 158 valence electrons. The van der Waals surface area contributed by atoms with E-state index in [0.29, 0.717) is 44.0 Å². The Labute approximate surface area is 171 Å². The second-order valence-corrected chi connectivity index (χ2v) is 9.20. The number of hydrogen-bond donors (Lipinski definition) is 1. The van der Waals surface area contributed by atoms with E-state index >= 15 is 0 Å². The molecule has 1 fully saturated rings. The maximum absolute atomic E-state index is 13.6. The van der Waals surface area contributed by atoms with Crippen molar-refractivity contribution in [2.45, 2.75) is 24.3 Å². The fourth-order valence-corrected chi connectivity index (χ4v) is 4.80. The van der Waals surface area contributed by atoms with Gasteiger partial charge in [0, 0.05) is 26.2 Å². The molecule has 0 aliphatic carbocycles. The van der Waals surface area contributed by atoms with Crippen LogP contribution in [0.25, 0.3) is 0 Å². The van der Waals surface area contributed by atoms with Gasteiger partial charge in [-0.1, -0.05) is 29.8 Å². The van der Waals surface area contributed by atoms with Gasteiger partial charge in [-0.3, -0.25) is 4.90 Å². The summed E-state index contributed by atoms with van der Waals surface area (Å²) in [6.45, 7) is 4.22. The summed E-state index contributed by atoms with van der Waals surface area (Å²) in [7, 11) is -3.53. The Bertz CT molecular complexity index is 905. The zero-order chi connectivity index (χ0) is 20.9. The average Bonchev–Trinajstić information content (AvgIpc) is 2.94. The fraction of sp³-hybridized carbons (Fsp3) is 0.429. The summed E-state index contributed by atoms with van der Waals surface area (Å²) in [5.41, 5.74) is 1.01. The Morgan fingerprint density at radius 3 is 2.52 bits per heavy atom. The van der Waals surface area contributed by atoms with E-state index in [1.165, 1.54) is 16.4 Å². The van der Waals surface area contributed by atoms with Crippen molar-refractivity contribution in [3.05, 3.63) is 59.9 Å².